The molecule has 2 rings (SSSR count). The third-order valence-electron chi connectivity index (χ3n) is 2.11. The molecule has 1 aliphatic rings. The Labute approximate surface area is 85.0 Å². The van der Waals surface area contributed by atoms with E-state index in [1.165, 1.54) is 19.1 Å². The fraction of sp³-hybridized carbons (Fsp3) is 0.222. The molecule has 6 heteroatoms. The Kier molecular flexibility index (Phi) is 2.03. The van der Waals surface area contributed by atoms with E-state index in [4.69, 9.17) is 4.74 Å². The van der Waals surface area contributed by atoms with Crippen LogP contribution in [0.25, 0.3) is 0 Å². The Balaban J connectivity index is 2.52. The molecule has 0 saturated heterocycles. The minimum absolute atomic E-state index is 0.120. The van der Waals surface area contributed by atoms with Gasteiger partial charge in [-0.05, 0) is 13.0 Å². The number of fused-ring (bicyclic) bond motifs is 1. The highest BCUT2D eigenvalue weighted by Gasteiger charge is 2.29. The molecular formula is C9H8N2O4. The van der Waals surface area contributed by atoms with Crippen molar-refractivity contribution in [2.45, 2.75) is 13.0 Å². The van der Waals surface area contributed by atoms with Crippen LogP contribution in [0.1, 0.15) is 6.92 Å². The number of carbonyl (C=O) groups is 1. The summed E-state index contributed by atoms with van der Waals surface area (Å²) in [5, 5.41) is 13.2. The topological polar surface area (TPSA) is 81.5 Å². The lowest BCUT2D eigenvalue weighted by molar-refractivity contribution is -0.385. The predicted octanol–water partition coefficient (Wildman–Crippen LogP) is 1.31. The van der Waals surface area contributed by atoms with Crippen molar-refractivity contribution in [3.63, 3.8) is 0 Å². The highest BCUT2D eigenvalue weighted by atomic mass is 16.6. The van der Waals surface area contributed by atoms with Crippen LogP contribution >= 0.6 is 0 Å². The largest absolute Gasteiger partial charge is 0.472 e. The third-order valence-corrected chi connectivity index (χ3v) is 2.11. The minimum Gasteiger partial charge on any atom is -0.472 e. The van der Waals surface area contributed by atoms with Gasteiger partial charge in [-0.15, -0.1) is 0 Å². The van der Waals surface area contributed by atoms with Gasteiger partial charge in [0, 0.05) is 6.07 Å². The molecule has 0 fully saturated rings. The molecule has 0 bridgehead atoms. The fourth-order valence-corrected chi connectivity index (χ4v) is 1.36. The van der Waals surface area contributed by atoms with Crippen LogP contribution in [0.15, 0.2) is 18.2 Å². The van der Waals surface area contributed by atoms with E-state index < -0.39 is 11.0 Å². The van der Waals surface area contributed by atoms with Crippen LogP contribution in [0.3, 0.4) is 0 Å². The normalized spacial score (nSPS) is 18.7. The van der Waals surface area contributed by atoms with Crippen LogP contribution in [-0.2, 0) is 4.79 Å². The molecule has 1 aromatic carbocycles. The van der Waals surface area contributed by atoms with Crippen molar-refractivity contribution in [1.29, 1.82) is 0 Å². The zero-order valence-electron chi connectivity index (χ0n) is 7.89. The number of para-hydroxylation sites is 1. The number of nitrogens with zero attached hydrogens (tertiary/aromatic N) is 1. The number of amides is 1. The second kappa shape index (κ2) is 3.23. The molecule has 1 heterocycles. The Hall–Kier alpha value is -2.11. The van der Waals surface area contributed by atoms with Crippen LogP contribution in [0, 0.1) is 10.1 Å². The summed E-state index contributed by atoms with van der Waals surface area (Å²) < 4.78 is 5.18. The van der Waals surface area contributed by atoms with E-state index in [2.05, 4.69) is 5.32 Å². The second-order valence-electron chi connectivity index (χ2n) is 3.16. The molecule has 0 aromatic heterocycles. The van der Waals surface area contributed by atoms with Crippen molar-refractivity contribution in [2.75, 3.05) is 5.32 Å². The van der Waals surface area contributed by atoms with E-state index >= 15 is 0 Å². The molecule has 6 nitrogen and oxygen atoms in total. The molecule has 78 valence electrons. The lowest BCUT2D eigenvalue weighted by Crippen LogP contribution is -2.34. The van der Waals surface area contributed by atoms with E-state index in [-0.39, 0.29) is 17.3 Å². The first-order valence-corrected chi connectivity index (χ1v) is 4.34. The Morgan fingerprint density at radius 2 is 2.27 bits per heavy atom. The van der Waals surface area contributed by atoms with Gasteiger partial charge in [0.15, 0.2) is 6.10 Å². The highest BCUT2D eigenvalue weighted by molar-refractivity contribution is 5.98. The summed E-state index contributed by atoms with van der Waals surface area (Å²) in [7, 11) is 0. The molecular weight excluding hydrogens is 200 g/mol. The van der Waals surface area contributed by atoms with E-state index in [1.54, 1.807) is 6.07 Å². The molecule has 0 unspecified atom stereocenters. The maximum atomic E-state index is 11.2. The van der Waals surface area contributed by atoms with Crippen LogP contribution in [0.4, 0.5) is 11.4 Å². The van der Waals surface area contributed by atoms with Crippen molar-refractivity contribution in [2.24, 2.45) is 0 Å². The number of hydrogen-bond donors (Lipinski definition) is 1. The number of nitro groups is 1. The minimum atomic E-state index is -0.710. The number of nitrogens with one attached hydrogen (secondary N) is 1. The third kappa shape index (κ3) is 1.50. The summed E-state index contributed by atoms with van der Waals surface area (Å²) in [5.74, 6) is -0.183. The summed E-state index contributed by atoms with van der Waals surface area (Å²) in [6.07, 6.45) is -0.710. The molecule has 1 atom stereocenters. The van der Waals surface area contributed by atoms with Gasteiger partial charge in [-0.2, -0.15) is 0 Å². The summed E-state index contributed by atoms with van der Waals surface area (Å²) in [5.41, 5.74) is 0.201. The average molecular weight is 208 g/mol. The highest BCUT2D eigenvalue weighted by Crippen LogP contribution is 2.37. The van der Waals surface area contributed by atoms with Crippen molar-refractivity contribution < 1.29 is 14.5 Å². The van der Waals surface area contributed by atoms with E-state index in [0.717, 1.165) is 0 Å². The number of benzene rings is 1. The van der Waals surface area contributed by atoms with E-state index in [1.807, 2.05) is 0 Å². The Bertz CT molecular complexity index is 444. The van der Waals surface area contributed by atoms with Crippen LogP contribution in [0.2, 0.25) is 0 Å². The summed E-state index contributed by atoms with van der Waals surface area (Å²) in [4.78, 5) is 21.4. The zero-order valence-corrected chi connectivity index (χ0v) is 7.89. The molecule has 0 aliphatic carbocycles. The molecule has 0 spiro atoms. The smallest absolute Gasteiger partial charge is 0.313 e. The van der Waals surface area contributed by atoms with Gasteiger partial charge in [-0.1, -0.05) is 6.07 Å². The number of hydrogen-bond acceptors (Lipinski definition) is 4. The van der Waals surface area contributed by atoms with Gasteiger partial charge < -0.3 is 10.1 Å². The lowest BCUT2D eigenvalue weighted by atomic mass is 10.2. The second-order valence-corrected chi connectivity index (χ2v) is 3.16. The van der Waals surface area contributed by atoms with Gasteiger partial charge in [-0.3, -0.25) is 14.9 Å². The van der Waals surface area contributed by atoms with Crippen molar-refractivity contribution >= 4 is 17.3 Å². The predicted molar refractivity (Wildman–Crippen MR) is 51.8 cm³/mol. The first-order valence-electron chi connectivity index (χ1n) is 4.34. The van der Waals surface area contributed by atoms with Gasteiger partial charge >= 0.3 is 5.69 Å². The Morgan fingerprint density at radius 3 is 2.93 bits per heavy atom. The standard InChI is InChI=1S/C9H8N2O4/c1-5-9(12)10-6-3-2-4-7(11(13)14)8(6)15-5/h2-5H,1H3,(H,10,12)/t5-/m1/s1. The van der Waals surface area contributed by atoms with Crippen LogP contribution < -0.4 is 10.1 Å². The van der Waals surface area contributed by atoms with Gasteiger partial charge in [0.1, 0.15) is 0 Å². The summed E-state index contributed by atoms with van der Waals surface area (Å²) in [6, 6.07) is 4.39. The number of rotatable bonds is 1. The molecule has 0 saturated carbocycles. The Morgan fingerprint density at radius 1 is 1.53 bits per heavy atom. The van der Waals surface area contributed by atoms with Gasteiger partial charge in [0.05, 0.1) is 10.6 Å². The average Bonchev–Trinajstić information content (AvgIpc) is 2.18. The van der Waals surface area contributed by atoms with Gasteiger partial charge in [0.2, 0.25) is 5.75 Å². The number of ether oxygens (including phenoxy) is 1. The first-order chi connectivity index (χ1) is 7.09. The van der Waals surface area contributed by atoms with Gasteiger partial charge in [0.25, 0.3) is 5.91 Å². The summed E-state index contributed by atoms with van der Waals surface area (Å²) >= 11 is 0. The number of anilines is 1. The molecule has 1 amide bonds. The molecule has 1 N–H and O–H groups in total. The van der Waals surface area contributed by atoms with Crippen LogP contribution in [0.5, 0.6) is 5.75 Å². The molecule has 15 heavy (non-hydrogen) atoms. The maximum absolute atomic E-state index is 11.2. The van der Waals surface area contributed by atoms with E-state index in [0.29, 0.717) is 5.69 Å². The first kappa shape index (κ1) is 9.45. The monoisotopic (exact) mass is 208 g/mol. The lowest BCUT2D eigenvalue weighted by Gasteiger charge is -2.22. The van der Waals surface area contributed by atoms with Crippen molar-refractivity contribution in [1.82, 2.24) is 0 Å². The molecule has 0 radical (unpaired) electrons. The quantitative estimate of drug-likeness (QED) is 0.557. The molecule has 1 aromatic rings. The van der Waals surface area contributed by atoms with Crippen LogP contribution in [-0.4, -0.2) is 16.9 Å². The molecule has 1 aliphatic heterocycles. The summed E-state index contributed by atoms with van der Waals surface area (Å²) in [6.45, 7) is 1.54. The number of nitro benzene ring substituents is 1. The van der Waals surface area contributed by atoms with Crippen molar-refractivity contribution in [3.05, 3.63) is 28.3 Å². The van der Waals surface area contributed by atoms with Crippen molar-refractivity contribution in [3.8, 4) is 5.75 Å². The van der Waals surface area contributed by atoms with E-state index in [9.17, 15) is 14.9 Å². The van der Waals surface area contributed by atoms with Gasteiger partial charge in [-0.25, -0.2) is 0 Å². The number of carbonyl (C=O) groups excluding carboxylic acids is 1. The zero-order chi connectivity index (χ0) is 11.0. The SMILES string of the molecule is C[C@H]1Oc2c(cccc2[N+](=O)[O-])NC1=O. The maximum Gasteiger partial charge on any atom is 0.313 e. The fourth-order valence-electron chi connectivity index (χ4n) is 1.36.